The summed E-state index contributed by atoms with van der Waals surface area (Å²) in [7, 11) is 1.62. The minimum absolute atomic E-state index is 0.0583. The molecule has 20 heavy (non-hydrogen) atoms. The maximum atomic E-state index is 11.9. The minimum atomic E-state index is -0.384. The summed E-state index contributed by atoms with van der Waals surface area (Å²) in [5, 5.41) is 11.5. The van der Waals surface area contributed by atoms with Crippen molar-refractivity contribution in [3.8, 4) is 11.8 Å². The molecule has 0 radical (unpaired) electrons. The van der Waals surface area contributed by atoms with Crippen molar-refractivity contribution >= 4 is 5.91 Å². The van der Waals surface area contributed by atoms with Gasteiger partial charge in [-0.2, -0.15) is 0 Å². The fraction of sp³-hybridized carbons (Fsp3) is 0.438. The van der Waals surface area contributed by atoms with Crippen LogP contribution in [0.25, 0.3) is 0 Å². The molecule has 0 saturated carbocycles. The second-order valence-corrected chi connectivity index (χ2v) is 5.00. The molecule has 0 aromatic heterocycles. The zero-order valence-electron chi connectivity index (χ0n) is 12.2. The number of nitrogens with one attached hydrogen (secondary N) is 1. The smallest absolute Gasteiger partial charge is 0.251 e. The van der Waals surface area contributed by atoms with Crippen molar-refractivity contribution in [2.24, 2.45) is 0 Å². The van der Waals surface area contributed by atoms with Gasteiger partial charge in [0.05, 0.1) is 12.2 Å². The summed E-state index contributed by atoms with van der Waals surface area (Å²) in [6.07, 6.45) is 0.453. The van der Waals surface area contributed by atoms with Crippen molar-refractivity contribution in [1.82, 2.24) is 5.32 Å². The van der Waals surface area contributed by atoms with Crippen LogP contribution in [-0.4, -0.2) is 36.9 Å². The second-order valence-electron chi connectivity index (χ2n) is 5.00. The number of carbonyl (C=O) groups excluding carboxylic acids is 1. The Balaban J connectivity index is 2.60. The molecule has 0 aliphatic rings. The number of aliphatic hydroxyl groups excluding tert-OH is 1. The number of methoxy groups -OCH3 is 1. The van der Waals surface area contributed by atoms with Crippen molar-refractivity contribution in [3.63, 3.8) is 0 Å². The molecule has 108 valence electrons. The number of rotatable bonds is 5. The molecule has 1 amide bonds. The van der Waals surface area contributed by atoms with Crippen LogP contribution in [0.5, 0.6) is 0 Å². The van der Waals surface area contributed by atoms with Gasteiger partial charge in [0.25, 0.3) is 5.91 Å². The standard InChI is InChI=1S/C16H21NO3/c1-16(2,20-3)12-17-15(19)14-9-7-13(8-10-14)6-4-5-11-18/h7-10,18H,5,11-12H2,1-3H3,(H,17,19). The van der Waals surface area contributed by atoms with Crippen LogP contribution in [0.4, 0.5) is 0 Å². The Labute approximate surface area is 120 Å². The second kappa shape index (κ2) is 7.68. The summed E-state index contributed by atoms with van der Waals surface area (Å²) in [5.74, 6) is 5.62. The third-order valence-corrected chi connectivity index (χ3v) is 2.84. The van der Waals surface area contributed by atoms with Gasteiger partial charge in [-0.3, -0.25) is 4.79 Å². The van der Waals surface area contributed by atoms with E-state index >= 15 is 0 Å². The molecular weight excluding hydrogens is 254 g/mol. The molecule has 0 bridgehead atoms. The van der Waals surface area contributed by atoms with Crippen LogP contribution < -0.4 is 5.32 Å². The van der Waals surface area contributed by atoms with Crippen LogP contribution in [0.1, 0.15) is 36.2 Å². The molecule has 0 atom stereocenters. The maximum absolute atomic E-state index is 11.9. The van der Waals surface area contributed by atoms with Crippen molar-refractivity contribution in [3.05, 3.63) is 35.4 Å². The minimum Gasteiger partial charge on any atom is -0.395 e. The lowest BCUT2D eigenvalue weighted by Crippen LogP contribution is -2.39. The molecular formula is C16H21NO3. The first kappa shape index (κ1) is 16.2. The highest BCUT2D eigenvalue weighted by atomic mass is 16.5. The Morgan fingerprint density at radius 3 is 2.55 bits per heavy atom. The molecule has 4 heteroatoms. The molecule has 0 saturated heterocycles. The molecule has 0 spiro atoms. The van der Waals surface area contributed by atoms with E-state index in [2.05, 4.69) is 17.2 Å². The van der Waals surface area contributed by atoms with Crippen LogP contribution in [0.2, 0.25) is 0 Å². The van der Waals surface area contributed by atoms with Gasteiger partial charge in [-0.05, 0) is 38.1 Å². The van der Waals surface area contributed by atoms with Crippen LogP contribution in [0.15, 0.2) is 24.3 Å². The van der Waals surface area contributed by atoms with Gasteiger partial charge >= 0.3 is 0 Å². The molecule has 4 nitrogen and oxygen atoms in total. The van der Waals surface area contributed by atoms with Gasteiger partial charge in [-0.15, -0.1) is 0 Å². The molecule has 1 aromatic carbocycles. The summed E-state index contributed by atoms with van der Waals surface area (Å²) in [5.41, 5.74) is 1.03. The van der Waals surface area contributed by atoms with Crippen molar-refractivity contribution in [2.45, 2.75) is 25.9 Å². The van der Waals surface area contributed by atoms with E-state index in [4.69, 9.17) is 9.84 Å². The first-order chi connectivity index (χ1) is 9.48. The van der Waals surface area contributed by atoms with Crippen LogP contribution >= 0.6 is 0 Å². The van der Waals surface area contributed by atoms with Gasteiger partial charge in [0.2, 0.25) is 0 Å². The number of hydrogen-bond donors (Lipinski definition) is 2. The third-order valence-electron chi connectivity index (χ3n) is 2.84. The van der Waals surface area contributed by atoms with Gasteiger partial charge < -0.3 is 15.2 Å². The summed E-state index contributed by atoms with van der Waals surface area (Å²) >= 11 is 0. The molecule has 0 fully saturated rings. The zero-order chi connectivity index (χ0) is 15.0. The molecule has 1 rings (SSSR count). The number of ether oxygens (including phenoxy) is 1. The normalized spacial score (nSPS) is 10.6. The average molecular weight is 275 g/mol. The molecule has 0 unspecified atom stereocenters. The van der Waals surface area contributed by atoms with E-state index in [-0.39, 0.29) is 18.1 Å². The van der Waals surface area contributed by atoms with Gasteiger partial charge in [0.1, 0.15) is 0 Å². The summed E-state index contributed by atoms with van der Waals surface area (Å²) in [4.78, 5) is 11.9. The maximum Gasteiger partial charge on any atom is 0.251 e. The van der Waals surface area contributed by atoms with E-state index in [1.54, 1.807) is 31.4 Å². The van der Waals surface area contributed by atoms with E-state index in [0.29, 0.717) is 18.5 Å². The van der Waals surface area contributed by atoms with E-state index in [1.807, 2.05) is 13.8 Å². The zero-order valence-corrected chi connectivity index (χ0v) is 12.2. The number of benzene rings is 1. The summed E-state index contributed by atoms with van der Waals surface area (Å²) < 4.78 is 5.24. The van der Waals surface area contributed by atoms with Crippen LogP contribution in [0, 0.1) is 11.8 Å². The Bertz CT molecular complexity index is 495. The quantitative estimate of drug-likeness (QED) is 0.802. The Hall–Kier alpha value is -1.83. The fourth-order valence-electron chi connectivity index (χ4n) is 1.39. The number of carbonyl (C=O) groups is 1. The fourth-order valence-corrected chi connectivity index (χ4v) is 1.39. The SMILES string of the molecule is COC(C)(C)CNC(=O)c1ccc(C#CCCO)cc1. The lowest BCUT2D eigenvalue weighted by molar-refractivity contribution is 0.0229. The van der Waals surface area contributed by atoms with E-state index in [0.717, 1.165) is 5.56 Å². The first-order valence-corrected chi connectivity index (χ1v) is 6.51. The number of hydrogen-bond acceptors (Lipinski definition) is 3. The van der Waals surface area contributed by atoms with Crippen LogP contribution in [0.3, 0.4) is 0 Å². The molecule has 2 N–H and O–H groups in total. The van der Waals surface area contributed by atoms with Crippen molar-refractivity contribution < 1.29 is 14.6 Å². The molecule has 0 heterocycles. The highest BCUT2D eigenvalue weighted by Gasteiger charge is 2.17. The number of aliphatic hydroxyl groups is 1. The van der Waals surface area contributed by atoms with Gasteiger partial charge in [-0.25, -0.2) is 0 Å². The van der Waals surface area contributed by atoms with E-state index in [9.17, 15) is 4.79 Å². The number of amides is 1. The third kappa shape index (κ3) is 5.43. The highest BCUT2D eigenvalue weighted by molar-refractivity contribution is 5.94. The Morgan fingerprint density at radius 2 is 2.00 bits per heavy atom. The van der Waals surface area contributed by atoms with Crippen molar-refractivity contribution in [2.75, 3.05) is 20.3 Å². The molecule has 0 aliphatic heterocycles. The predicted molar refractivity (Wildman–Crippen MR) is 78.4 cm³/mol. The first-order valence-electron chi connectivity index (χ1n) is 6.51. The summed E-state index contributed by atoms with van der Waals surface area (Å²) in [6.45, 7) is 4.32. The lowest BCUT2D eigenvalue weighted by Gasteiger charge is -2.23. The average Bonchev–Trinajstić information content (AvgIpc) is 2.46. The molecule has 0 aliphatic carbocycles. The van der Waals surface area contributed by atoms with E-state index in [1.165, 1.54) is 0 Å². The van der Waals surface area contributed by atoms with Gasteiger partial charge in [-0.1, -0.05) is 11.8 Å². The Morgan fingerprint density at radius 1 is 1.35 bits per heavy atom. The van der Waals surface area contributed by atoms with Gasteiger partial charge in [0.15, 0.2) is 0 Å². The Kier molecular flexibility index (Phi) is 6.23. The van der Waals surface area contributed by atoms with Gasteiger partial charge in [0, 0.05) is 31.2 Å². The predicted octanol–water partition coefficient (Wildman–Crippen LogP) is 1.58. The highest BCUT2D eigenvalue weighted by Crippen LogP contribution is 2.07. The van der Waals surface area contributed by atoms with E-state index < -0.39 is 0 Å². The lowest BCUT2D eigenvalue weighted by atomic mass is 10.1. The summed E-state index contributed by atoms with van der Waals surface area (Å²) in [6, 6.07) is 7.05. The molecule has 1 aromatic rings. The topological polar surface area (TPSA) is 58.6 Å². The monoisotopic (exact) mass is 275 g/mol. The van der Waals surface area contributed by atoms with Crippen molar-refractivity contribution in [1.29, 1.82) is 0 Å². The van der Waals surface area contributed by atoms with Crippen LogP contribution in [-0.2, 0) is 4.74 Å². The largest absolute Gasteiger partial charge is 0.395 e.